The third kappa shape index (κ3) is 4.73. The second kappa shape index (κ2) is 8.58. The summed E-state index contributed by atoms with van der Waals surface area (Å²) in [6, 6.07) is 16.5. The largest absolute Gasteiger partial charge is 0.468 e. The van der Waals surface area contributed by atoms with E-state index >= 15 is 0 Å². The van der Waals surface area contributed by atoms with Gasteiger partial charge in [-0.1, -0.05) is 24.3 Å². The average molecular weight is 437 g/mol. The van der Waals surface area contributed by atoms with Crippen molar-refractivity contribution < 1.29 is 22.4 Å². The Morgan fingerprint density at radius 2 is 1.87 bits per heavy atom. The second-order valence-electron chi connectivity index (χ2n) is 6.80. The summed E-state index contributed by atoms with van der Waals surface area (Å²) in [5, 5.41) is 2.73. The molecule has 0 radical (unpaired) electrons. The lowest BCUT2D eigenvalue weighted by molar-refractivity contribution is -0.119. The van der Waals surface area contributed by atoms with Gasteiger partial charge in [0.15, 0.2) is 0 Å². The van der Waals surface area contributed by atoms with Gasteiger partial charge in [-0.3, -0.25) is 14.5 Å². The van der Waals surface area contributed by atoms with Gasteiger partial charge in [0.2, 0.25) is 15.9 Å². The van der Waals surface area contributed by atoms with Gasteiger partial charge in [0.05, 0.1) is 29.1 Å². The number of para-hydroxylation sites is 2. The normalized spacial score (nSPS) is 13.8. The van der Waals surface area contributed by atoms with Gasteiger partial charge in [0, 0.05) is 6.08 Å². The molecule has 158 valence electrons. The van der Waals surface area contributed by atoms with Gasteiger partial charge in [-0.2, -0.15) is 0 Å². The van der Waals surface area contributed by atoms with Crippen molar-refractivity contribution in [3.63, 3.8) is 0 Å². The van der Waals surface area contributed by atoms with Crippen molar-refractivity contribution in [3.05, 3.63) is 84.3 Å². The quantitative estimate of drug-likeness (QED) is 0.577. The number of sulfonamides is 1. The van der Waals surface area contributed by atoms with E-state index in [4.69, 9.17) is 4.42 Å². The molecule has 0 saturated carbocycles. The number of hydrogen-bond donors (Lipinski definition) is 2. The summed E-state index contributed by atoms with van der Waals surface area (Å²) in [5.74, 6) is -0.106. The molecule has 0 bridgehead atoms. The molecule has 4 rings (SSSR count). The Morgan fingerprint density at radius 3 is 2.61 bits per heavy atom. The number of rotatable bonds is 6. The molecule has 2 heterocycles. The Balaban J connectivity index is 1.44. The SMILES string of the molecule is O=C1CN(C(=O)C=Cc2ccc(S(=O)(=O)NCc3ccco3)cc2)c2ccccc2N1. The minimum absolute atomic E-state index is 0.0520. The number of amides is 2. The van der Waals surface area contributed by atoms with Crippen LogP contribution >= 0.6 is 0 Å². The predicted molar refractivity (Wildman–Crippen MR) is 116 cm³/mol. The monoisotopic (exact) mass is 437 g/mol. The highest BCUT2D eigenvalue weighted by Crippen LogP contribution is 2.29. The van der Waals surface area contributed by atoms with Crippen LogP contribution in [0.15, 0.2) is 82.3 Å². The van der Waals surface area contributed by atoms with E-state index in [0.717, 1.165) is 0 Å². The fourth-order valence-electron chi connectivity index (χ4n) is 3.11. The summed E-state index contributed by atoms with van der Waals surface area (Å²) >= 11 is 0. The first-order valence-corrected chi connectivity index (χ1v) is 10.9. The fraction of sp³-hybridized carbons (Fsp3) is 0.0909. The lowest BCUT2D eigenvalue weighted by Crippen LogP contribution is -2.41. The van der Waals surface area contributed by atoms with Gasteiger partial charge in [-0.05, 0) is 48.0 Å². The summed E-state index contributed by atoms with van der Waals surface area (Å²) in [7, 11) is -3.69. The third-order valence-corrected chi connectivity index (χ3v) is 6.08. The number of hydrogen-bond acceptors (Lipinski definition) is 5. The van der Waals surface area contributed by atoms with Gasteiger partial charge in [-0.15, -0.1) is 0 Å². The fourth-order valence-corrected chi connectivity index (χ4v) is 4.10. The molecule has 0 spiro atoms. The van der Waals surface area contributed by atoms with Crippen LogP contribution in [0.5, 0.6) is 0 Å². The molecule has 2 N–H and O–H groups in total. The van der Waals surface area contributed by atoms with E-state index in [0.29, 0.717) is 22.7 Å². The predicted octanol–water partition coefficient (Wildman–Crippen LogP) is 2.76. The van der Waals surface area contributed by atoms with E-state index in [9.17, 15) is 18.0 Å². The molecule has 1 aliphatic rings. The van der Waals surface area contributed by atoms with Crippen molar-refractivity contribution in [2.24, 2.45) is 0 Å². The molecule has 8 nitrogen and oxygen atoms in total. The first kappa shape index (κ1) is 20.6. The standard InChI is InChI=1S/C22H19N3O5S/c26-21-15-25(20-6-2-1-5-19(20)24-21)22(27)12-9-16-7-10-18(11-8-16)31(28,29)23-14-17-4-3-13-30-17/h1-13,23H,14-15H2,(H,24,26). The molecule has 31 heavy (non-hydrogen) atoms. The van der Waals surface area contributed by atoms with E-state index < -0.39 is 10.0 Å². The van der Waals surface area contributed by atoms with Crippen LogP contribution in [0.25, 0.3) is 6.08 Å². The average Bonchev–Trinajstić information content (AvgIpc) is 3.30. The van der Waals surface area contributed by atoms with E-state index in [2.05, 4.69) is 10.0 Å². The maximum Gasteiger partial charge on any atom is 0.251 e. The highest BCUT2D eigenvalue weighted by molar-refractivity contribution is 7.89. The molecule has 0 saturated heterocycles. The number of nitrogens with one attached hydrogen (secondary N) is 2. The zero-order valence-corrected chi connectivity index (χ0v) is 17.1. The zero-order valence-electron chi connectivity index (χ0n) is 16.3. The number of nitrogens with zero attached hydrogens (tertiary/aromatic N) is 1. The van der Waals surface area contributed by atoms with E-state index in [1.165, 1.54) is 29.4 Å². The highest BCUT2D eigenvalue weighted by atomic mass is 32.2. The van der Waals surface area contributed by atoms with E-state index in [1.807, 2.05) is 0 Å². The molecule has 3 aromatic rings. The van der Waals surface area contributed by atoms with Crippen molar-refractivity contribution in [2.75, 3.05) is 16.8 Å². The van der Waals surface area contributed by atoms with Crippen molar-refractivity contribution in [3.8, 4) is 0 Å². The summed E-state index contributed by atoms with van der Waals surface area (Å²) < 4.78 is 32.4. The molecule has 0 fully saturated rings. The number of furan rings is 1. The number of carbonyl (C=O) groups is 2. The molecule has 2 amide bonds. The number of anilines is 2. The molecule has 0 aliphatic carbocycles. The number of fused-ring (bicyclic) bond motifs is 1. The van der Waals surface area contributed by atoms with E-state index in [-0.39, 0.29) is 29.8 Å². The molecular weight excluding hydrogens is 418 g/mol. The molecule has 1 aliphatic heterocycles. The van der Waals surface area contributed by atoms with Gasteiger partial charge in [-0.25, -0.2) is 13.1 Å². The molecule has 2 aromatic carbocycles. The Morgan fingerprint density at radius 1 is 1.10 bits per heavy atom. The van der Waals surface area contributed by atoms with Gasteiger partial charge in [0.25, 0.3) is 5.91 Å². The minimum Gasteiger partial charge on any atom is -0.468 e. The minimum atomic E-state index is -3.69. The summed E-state index contributed by atoms with van der Waals surface area (Å²) in [4.78, 5) is 26.0. The van der Waals surface area contributed by atoms with E-state index in [1.54, 1.807) is 54.6 Å². The van der Waals surface area contributed by atoms with Crippen LogP contribution in [0.2, 0.25) is 0 Å². The zero-order chi connectivity index (χ0) is 21.8. The lowest BCUT2D eigenvalue weighted by atomic mass is 10.1. The van der Waals surface area contributed by atoms with Gasteiger partial charge < -0.3 is 9.73 Å². The van der Waals surface area contributed by atoms with Crippen LogP contribution in [0, 0.1) is 0 Å². The summed E-state index contributed by atoms with van der Waals surface area (Å²) in [6.07, 6.45) is 4.40. The Kier molecular flexibility index (Phi) is 5.70. The van der Waals surface area contributed by atoms with Crippen LogP contribution in [0.4, 0.5) is 11.4 Å². The van der Waals surface area contributed by atoms with Crippen LogP contribution in [-0.4, -0.2) is 26.8 Å². The Hall–Kier alpha value is -3.69. The first-order valence-electron chi connectivity index (χ1n) is 9.43. The summed E-state index contributed by atoms with van der Waals surface area (Å²) in [5.41, 5.74) is 1.85. The van der Waals surface area contributed by atoms with Crippen LogP contribution in [0.3, 0.4) is 0 Å². The lowest BCUT2D eigenvalue weighted by Gasteiger charge is -2.28. The van der Waals surface area contributed by atoms with Gasteiger partial charge >= 0.3 is 0 Å². The van der Waals surface area contributed by atoms with Crippen molar-refractivity contribution in [1.29, 1.82) is 0 Å². The molecule has 9 heteroatoms. The maximum atomic E-state index is 12.6. The van der Waals surface area contributed by atoms with Crippen molar-refractivity contribution in [1.82, 2.24) is 4.72 Å². The third-order valence-electron chi connectivity index (χ3n) is 4.66. The molecule has 0 atom stereocenters. The molecule has 1 aromatic heterocycles. The number of benzene rings is 2. The Labute approximate surface area is 179 Å². The molecule has 0 unspecified atom stereocenters. The summed E-state index contributed by atoms with van der Waals surface area (Å²) in [6.45, 7) is -0.0188. The van der Waals surface area contributed by atoms with Crippen LogP contribution in [0.1, 0.15) is 11.3 Å². The second-order valence-corrected chi connectivity index (χ2v) is 8.56. The van der Waals surface area contributed by atoms with Crippen LogP contribution < -0.4 is 14.9 Å². The molecular formula is C22H19N3O5S. The highest BCUT2D eigenvalue weighted by Gasteiger charge is 2.25. The number of carbonyl (C=O) groups excluding carboxylic acids is 2. The Bertz CT molecular complexity index is 1230. The van der Waals surface area contributed by atoms with Crippen molar-refractivity contribution in [2.45, 2.75) is 11.4 Å². The first-order chi connectivity index (χ1) is 14.9. The maximum absolute atomic E-state index is 12.6. The van der Waals surface area contributed by atoms with Gasteiger partial charge in [0.1, 0.15) is 12.3 Å². The topological polar surface area (TPSA) is 109 Å². The van der Waals surface area contributed by atoms with Crippen molar-refractivity contribution >= 4 is 39.3 Å². The smallest absolute Gasteiger partial charge is 0.251 e. The van der Waals surface area contributed by atoms with Crippen LogP contribution in [-0.2, 0) is 26.2 Å².